The summed E-state index contributed by atoms with van der Waals surface area (Å²) in [6, 6.07) is 0. The van der Waals surface area contributed by atoms with E-state index in [4.69, 9.17) is 17.7 Å². The van der Waals surface area contributed by atoms with Gasteiger partial charge < -0.3 is 9.72 Å². The number of nitrogens with zero attached hydrogens (tertiary/aromatic N) is 2. The summed E-state index contributed by atoms with van der Waals surface area (Å²) in [5, 5.41) is 0.503. The number of aromatic nitrogens is 2. The monoisotopic (exact) mass is 300 g/mol. The number of halogens is 1. The summed E-state index contributed by atoms with van der Waals surface area (Å²) < 4.78 is 12.4. The summed E-state index contributed by atoms with van der Waals surface area (Å²) in [7, 11) is 0. The molecule has 0 aliphatic carbocycles. The molecule has 5 nitrogen and oxygen atoms in total. The molecule has 6 heteroatoms. The Morgan fingerprint density at radius 2 is 2.25 bits per heavy atom. The maximum atomic E-state index is 10.6. The van der Waals surface area contributed by atoms with Crippen LogP contribution in [0.3, 0.4) is 0 Å². The highest BCUT2D eigenvalue weighted by Gasteiger charge is 2.00. The lowest BCUT2D eigenvalue weighted by Gasteiger charge is -2.02. The molecule has 112 valence electrons. The number of ether oxygens (including phenoxy) is 1. The summed E-state index contributed by atoms with van der Waals surface area (Å²) in [6.45, 7) is 4.49. The van der Waals surface area contributed by atoms with Crippen LogP contribution in [0.5, 0.6) is 0 Å². The molecule has 1 rings (SSSR count). The number of hydrogen-bond donors (Lipinski definition) is 1. The normalized spacial score (nSPS) is 12.3. The van der Waals surface area contributed by atoms with Gasteiger partial charge in [0.15, 0.2) is 5.49 Å². The third-order valence-corrected chi connectivity index (χ3v) is 3.20. The van der Waals surface area contributed by atoms with Crippen molar-refractivity contribution in [3.63, 3.8) is 0 Å². The molecule has 1 aromatic heterocycles. The Morgan fingerprint density at radius 1 is 1.50 bits per heavy atom. The molecule has 0 aliphatic rings. The van der Waals surface area contributed by atoms with Crippen molar-refractivity contribution in [3.8, 4) is 0 Å². The minimum absolute atomic E-state index is 0.0800. The highest BCUT2D eigenvalue weighted by molar-refractivity contribution is 6.30. The summed E-state index contributed by atoms with van der Waals surface area (Å²) >= 11 is 6.17. The third-order valence-electron chi connectivity index (χ3n) is 2.80. The molecule has 0 aromatic carbocycles. The van der Waals surface area contributed by atoms with Gasteiger partial charge in [-0.1, -0.05) is 24.9 Å². The Hall–Kier alpha value is -1.36. The fourth-order valence-corrected chi connectivity index (χ4v) is 1.99. The van der Waals surface area contributed by atoms with E-state index in [-0.39, 0.29) is 12.3 Å². The largest absolute Gasteiger partial charge is 0.466 e. The number of carbonyl (C=O) groups excluding carboxylic acids is 1. The van der Waals surface area contributed by atoms with E-state index >= 15 is 0 Å². The quantitative estimate of drug-likeness (QED) is 0.593. The van der Waals surface area contributed by atoms with Crippen LogP contribution >= 0.6 is 11.6 Å². The Bertz CT molecular complexity index is 531. The second-order valence-corrected chi connectivity index (χ2v) is 4.83. The molecule has 1 N–H and O–H groups in total. The molecule has 20 heavy (non-hydrogen) atoms. The fraction of sp³-hybridized carbons (Fsp3) is 0.643. The lowest BCUT2D eigenvalue weighted by molar-refractivity contribution is -0.141. The Morgan fingerprint density at radius 3 is 2.95 bits per heavy atom. The summed E-state index contributed by atoms with van der Waals surface area (Å²) in [5.74, 6) is -0.232. The van der Waals surface area contributed by atoms with Crippen LogP contribution in [0.4, 0.5) is 0 Å². The van der Waals surface area contributed by atoms with Crippen LogP contribution in [0.1, 0.15) is 46.6 Å². The number of esters is 1. The van der Waals surface area contributed by atoms with Crippen molar-refractivity contribution >= 4 is 17.6 Å². The van der Waals surface area contributed by atoms with Crippen LogP contribution in [0, 0.1) is 0 Å². The lowest BCUT2D eigenvalue weighted by Crippen LogP contribution is -2.13. The van der Waals surface area contributed by atoms with E-state index in [1.54, 1.807) is 0 Å². The predicted octanol–water partition coefficient (Wildman–Crippen LogP) is 2.65. The van der Waals surface area contributed by atoms with Crippen LogP contribution in [0.2, 0.25) is 5.02 Å². The number of nitrogens with one attached hydrogen (secondary N) is 1. The maximum Gasteiger partial charge on any atom is 0.302 e. The fourth-order valence-electron chi connectivity index (χ4n) is 1.70. The third kappa shape index (κ3) is 6.19. The smallest absolute Gasteiger partial charge is 0.302 e. The predicted molar refractivity (Wildman–Crippen MR) is 78.5 cm³/mol. The molecule has 0 saturated heterocycles. The molecule has 0 radical (unpaired) electrons. The van der Waals surface area contributed by atoms with Crippen molar-refractivity contribution in [2.75, 3.05) is 13.2 Å². The average Bonchev–Trinajstić information content (AvgIpc) is 2.44. The summed E-state index contributed by atoms with van der Waals surface area (Å²) in [4.78, 5) is 21.8. The highest BCUT2D eigenvalue weighted by atomic mass is 35.5. The van der Waals surface area contributed by atoms with Crippen molar-refractivity contribution in [2.45, 2.75) is 46.0 Å². The van der Waals surface area contributed by atoms with E-state index in [1.807, 2.05) is 6.92 Å². The van der Waals surface area contributed by atoms with Crippen LogP contribution < -0.4 is 5.49 Å². The molecule has 0 atom stereocenters. The number of aryl methyl sites for hydroxylation is 1. The zero-order valence-electron chi connectivity index (χ0n) is 13.0. The van der Waals surface area contributed by atoms with Gasteiger partial charge >= 0.3 is 5.97 Å². The van der Waals surface area contributed by atoms with Crippen LogP contribution in [-0.4, -0.2) is 29.1 Å². The molecular weight excluding hydrogens is 278 g/mol. The van der Waals surface area contributed by atoms with Gasteiger partial charge in [0.25, 0.3) is 0 Å². The molecule has 0 saturated carbocycles. The molecule has 0 spiro atoms. The van der Waals surface area contributed by atoms with E-state index in [9.17, 15) is 4.79 Å². The first-order valence-electron chi connectivity index (χ1n) is 7.43. The van der Waals surface area contributed by atoms with Crippen molar-refractivity contribution in [3.05, 3.63) is 22.5 Å². The summed E-state index contributed by atoms with van der Waals surface area (Å²) in [6.07, 6.45) is 4.59. The second-order valence-electron chi connectivity index (χ2n) is 4.45. The van der Waals surface area contributed by atoms with Crippen molar-refractivity contribution in [1.29, 1.82) is 0 Å². The molecule has 1 heterocycles. The molecule has 0 amide bonds. The number of unbranched alkanes of at least 4 members (excludes halogenated alkanes) is 3. The van der Waals surface area contributed by atoms with Gasteiger partial charge in [-0.15, -0.1) is 0 Å². The number of rotatable bonds is 8. The van der Waals surface area contributed by atoms with Gasteiger partial charge in [-0.05, 0) is 25.7 Å². The molecular formula is C14H22ClN3O2. The average molecular weight is 301 g/mol. The number of hydrogen-bond acceptors (Lipinski definition) is 4. The minimum atomic E-state index is -0.232. The molecule has 0 aliphatic heterocycles. The lowest BCUT2D eigenvalue weighted by atomic mass is 10.2. The Labute approximate surface area is 125 Å². The first-order chi connectivity index (χ1) is 10.0. The van der Waals surface area contributed by atoms with Crippen molar-refractivity contribution in [2.24, 2.45) is 4.99 Å². The van der Waals surface area contributed by atoms with Gasteiger partial charge in [-0.25, -0.2) is 4.98 Å². The van der Waals surface area contributed by atoms with Gasteiger partial charge in [0.2, 0.25) is 0 Å². The van der Waals surface area contributed by atoms with Gasteiger partial charge in [0, 0.05) is 19.2 Å². The Kier molecular flexibility index (Phi) is 7.16. The van der Waals surface area contributed by atoms with E-state index in [0.717, 1.165) is 31.4 Å². The van der Waals surface area contributed by atoms with Crippen molar-refractivity contribution in [1.82, 2.24) is 9.97 Å². The standard InChI is InChI=1S/C14H22ClN3O2/c1-3-12-13(15)14(18-10-17-12)16-8-6-4-5-7-9-20-11(2)19/h10H,3-9H2,1-2H3,(H,16,17,18)/i10D. The van der Waals surface area contributed by atoms with Gasteiger partial charge in [-0.3, -0.25) is 9.79 Å². The van der Waals surface area contributed by atoms with E-state index < -0.39 is 0 Å². The topological polar surface area (TPSA) is 67.3 Å². The Balaban J connectivity index is 2.37. The van der Waals surface area contributed by atoms with Gasteiger partial charge in [-0.2, -0.15) is 0 Å². The van der Waals surface area contributed by atoms with Gasteiger partial charge in [0.1, 0.15) is 6.39 Å². The SMILES string of the molecule is [2H]c1nc(=NCCCCCCOC(C)=O)c(Cl)c(CC)[nH]1. The van der Waals surface area contributed by atoms with Gasteiger partial charge in [0.05, 0.1) is 12.9 Å². The number of aromatic amines is 1. The van der Waals surface area contributed by atoms with E-state index in [1.165, 1.54) is 6.92 Å². The summed E-state index contributed by atoms with van der Waals surface area (Å²) in [5.41, 5.74) is 1.23. The molecule has 0 bridgehead atoms. The van der Waals surface area contributed by atoms with Crippen molar-refractivity contribution < 1.29 is 10.9 Å². The zero-order valence-corrected chi connectivity index (χ0v) is 12.8. The number of carbonyl (C=O) groups is 1. The first kappa shape index (κ1) is 15.0. The zero-order chi connectivity index (χ0) is 15.7. The van der Waals surface area contributed by atoms with Crippen LogP contribution in [-0.2, 0) is 16.0 Å². The minimum Gasteiger partial charge on any atom is -0.466 e. The molecule has 0 unspecified atom stereocenters. The second kappa shape index (κ2) is 9.53. The molecule has 0 fully saturated rings. The first-order valence-corrected chi connectivity index (χ1v) is 7.31. The molecule has 1 aromatic rings. The van der Waals surface area contributed by atoms with E-state index in [2.05, 4.69) is 15.0 Å². The van der Waals surface area contributed by atoms with Crippen LogP contribution in [0.25, 0.3) is 0 Å². The number of H-pyrrole nitrogens is 1. The highest BCUT2D eigenvalue weighted by Crippen LogP contribution is 2.06. The van der Waals surface area contributed by atoms with E-state index in [0.29, 0.717) is 30.1 Å². The van der Waals surface area contributed by atoms with Crippen LogP contribution in [0.15, 0.2) is 11.3 Å². The maximum absolute atomic E-state index is 10.6.